The molecule has 2 N–H and O–H groups in total. The van der Waals surface area contributed by atoms with Crippen LogP contribution >= 0.6 is 0 Å². The summed E-state index contributed by atoms with van der Waals surface area (Å²) in [7, 11) is 2.28. The Morgan fingerprint density at radius 3 is 2.29 bits per heavy atom. The van der Waals surface area contributed by atoms with E-state index in [9.17, 15) is 0 Å². The molecule has 134 valence electrons. The highest BCUT2D eigenvalue weighted by Gasteiger charge is 2.18. The van der Waals surface area contributed by atoms with E-state index >= 15 is 0 Å². The third-order valence-electron chi connectivity index (χ3n) is 4.83. The minimum absolute atomic E-state index is 0.726. The van der Waals surface area contributed by atoms with Crippen LogP contribution in [0.5, 0.6) is 0 Å². The maximum Gasteiger partial charge on any atom is 0.191 e. The minimum Gasteiger partial charge on any atom is -0.357 e. The van der Waals surface area contributed by atoms with Crippen LogP contribution in [0.3, 0.4) is 0 Å². The smallest absolute Gasteiger partial charge is 0.191 e. The summed E-state index contributed by atoms with van der Waals surface area (Å²) in [6.45, 7) is 7.72. The van der Waals surface area contributed by atoms with Gasteiger partial charge in [-0.05, 0) is 44.9 Å². The molecule has 2 rings (SSSR count). The van der Waals surface area contributed by atoms with Crippen LogP contribution in [0.4, 0.5) is 0 Å². The molecular formula is C20H34N4. The molecule has 4 nitrogen and oxygen atoms in total. The third kappa shape index (κ3) is 5.82. The van der Waals surface area contributed by atoms with Crippen molar-refractivity contribution in [1.82, 2.24) is 15.5 Å². The van der Waals surface area contributed by atoms with Crippen LogP contribution in [0.1, 0.15) is 57.1 Å². The SMILES string of the molecule is CCNC(=NCc1ccccc1CN(C)C1CCCCC1)NCC. The Labute approximate surface area is 147 Å². The molecule has 0 saturated heterocycles. The molecule has 0 bridgehead atoms. The fraction of sp³-hybridized carbons (Fsp3) is 0.650. The zero-order valence-electron chi connectivity index (χ0n) is 15.6. The molecule has 0 unspecified atom stereocenters. The molecule has 0 aromatic heterocycles. The average Bonchev–Trinajstić information content (AvgIpc) is 2.62. The number of benzene rings is 1. The summed E-state index contributed by atoms with van der Waals surface area (Å²) in [4.78, 5) is 7.27. The lowest BCUT2D eigenvalue weighted by Crippen LogP contribution is -2.37. The molecule has 1 aromatic rings. The Morgan fingerprint density at radius 2 is 1.67 bits per heavy atom. The fourth-order valence-corrected chi connectivity index (χ4v) is 3.46. The summed E-state index contributed by atoms with van der Waals surface area (Å²) in [6, 6.07) is 9.48. The van der Waals surface area contributed by atoms with Crippen LogP contribution in [0.15, 0.2) is 29.3 Å². The monoisotopic (exact) mass is 330 g/mol. The molecule has 0 amide bonds. The van der Waals surface area contributed by atoms with E-state index in [1.807, 2.05) is 0 Å². The molecule has 0 atom stereocenters. The largest absolute Gasteiger partial charge is 0.357 e. The van der Waals surface area contributed by atoms with Crippen molar-refractivity contribution >= 4 is 5.96 Å². The first-order valence-corrected chi connectivity index (χ1v) is 9.53. The van der Waals surface area contributed by atoms with Crippen molar-refractivity contribution < 1.29 is 0 Å². The van der Waals surface area contributed by atoms with Gasteiger partial charge in [-0.1, -0.05) is 43.5 Å². The minimum atomic E-state index is 0.726. The highest BCUT2D eigenvalue weighted by Crippen LogP contribution is 2.23. The molecule has 1 fully saturated rings. The van der Waals surface area contributed by atoms with Gasteiger partial charge in [0.25, 0.3) is 0 Å². The molecule has 1 saturated carbocycles. The molecule has 0 spiro atoms. The van der Waals surface area contributed by atoms with E-state index in [4.69, 9.17) is 4.99 Å². The number of hydrogen-bond acceptors (Lipinski definition) is 2. The predicted octanol–water partition coefficient (Wildman–Crippen LogP) is 3.53. The molecular weight excluding hydrogens is 296 g/mol. The number of hydrogen-bond donors (Lipinski definition) is 2. The highest BCUT2D eigenvalue weighted by atomic mass is 15.2. The van der Waals surface area contributed by atoms with Crippen LogP contribution in [0.25, 0.3) is 0 Å². The third-order valence-corrected chi connectivity index (χ3v) is 4.83. The van der Waals surface area contributed by atoms with E-state index < -0.39 is 0 Å². The molecule has 0 heterocycles. The Morgan fingerprint density at radius 1 is 1.04 bits per heavy atom. The standard InChI is InChI=1S/C20H34N4/c1-4-21-20(22-5-2)23-15-17-11-9-10-12-18(17)16-24(3)19-13-7-6-8-14-19/h9-12,19H,4-8,13-16H2,1-3H3,(H2,21,22,23). The van der Waals surface area contributed by atoms with E-state index in [-0.39, 0.29) is 0 Å². The quantitative estimate of drug-likeness (QED) is 0.593. The predicted molar refractivity (Wildman–Crippen MR) is 103 cm³/mol. The Balaban J connectivity index is 2.02. The van der Waals surface area contributed by atoms with E-state index in [1.54, 1.807) is 0 Å². The summed E-state index contributed by atoms with van der Waals surface area (Å²) in [5, 5.41) is 6.59. The van der Waals surface area contributed by atoms with Gasteiger partial charge in [-0.15, -0.1) is 0 Å². The molecule has 4 heteroatoms. The number of nitrogens with zero attached hydrogens (tertiary/aromatic N) is 2. The summed E-state index contributed by atoms with van der Waals surface area (Å²) in [5.74, 6) is 0.899. The molecule has 0 radical (unpaired) electrons. The van der Waals surface area contributed by atoms with Gasteiger partial charge in [0.1, 0.15) is 0 Å². The summed E-state index contributed by atoms with van der Waals surface area (Å²) >= 11 is 0. The Kier molecular flexibility index (Phi) is 8.10. The summed E-state index contributed by atoms with van der Waals surface area (Å²) < 4.78 is 0. The van der Waals surface area contributed by atoms with E-state index in [0.29, 0.717) is 0 Å². The van der Waals surface area contributed by atoms with Gasteiger partial charge in [0, 0.05) is 25.7 Å². The van der Waals surface area contributed by atoms with Gasteiger partial charge >= 0.3 is 0 Å². The Hall–Kier alpha value is -1.55. The second-order valence-corrected chi connectivity index (χ2v) is 6.70. The Bertz CT molecular complexity index is 498. The zero-order chi connectivity index (χ0) is 17.2. The van der Waals surface area contributed by atoms with E-state index in [0.717, 1.165) is 38.2 Å². The van der Waals surface area contributed by atoms with Crippen molar-refractivity contribution in [3.05, 3.63) is 35.4 Å². The van der Waals surface area contributed by atoms with Crippen molar-refractivity contribution in [2.75, 3.05) is 20.1 Å². The first-order valence-electron chi connectivity index (χ1n) is 9.53. The maximum atomic E-state index is 4.73. The van der Waals surface area contributed by atoms with E-state index in [2.05, 4.69) is 60.7 Å². The zero-order valence-corrected chi connectivity index (χ0v) is 15.6. The maximum absolute atomic E-state index is 4.73. The number of nitrogens with one attached hydrogen (secondary N) is 2. The van der Waals surface area contributed by atoms with E-state index in [1.165, 1.54) is 43.2 Å². The van der Waals surface area contributed by atoms with Gasteiger partial charge in [0.2, 0.25) is 0 Å². The second kappa shape index (κ2) is 10.3. The van der Waals surface area contributed by atoms with Crippen molar-refractivity contribution in [1.29, 1.82) is 0 Å². The molecule has 1 aliphatic rings. The van der Waals surface area contributed by atoms with Crippen molar-refractivity contribution in [3.8, 4) is 0 Å². The second-order valence-electron chi connectivity index (χ2n) is 6.70. The van der Waals surface area contributed by atoms with Gasteiger partial charge in [0.15, 0.2) is 5.96 Å². The van der Waals surface area contributed by atoms with Crippen LogP contribution in [-0.2, 0) is 13.1 Å². The van der Waals surface area contributed by atoms with Gasteiger partial charge in [-0.3, -0.25) is 4.90 Å². The molecule has 1 aliphatic carbocycles. The van der Waals surface area contributed by atoms with Crippen LogP contribution < -0.4 is 10.6 Å². The topological polar surface area (TPSA) is 39.7 Å². The van der Waals surface area contributed by atoms with Crippen molar-refractivity contribution in [2.45, 2.75) is 65.1 Å². The number of guanidine groups is 1. The summed E-state index contributed by atoms with van der Waals surface area (Å²) in [5.41, 5.74) is 2.73. The van der Waals surface area contributed by atoms with Crippen LogP contribution in [-0.4, -0.2) is 37.0 Å². The molecule has 0 aliphatic heterocycles. The molecule has 24 heavy (non-hydrogen) atoms. The molecule has 1 aromatic carbocycles. The van der Waals surface area contributed by atoms with Crippen molar-refractivity contribution in [2.24, 2.45) is 4.99 Å². The highest BCUT2D eigenvalue weighted by molar-refractivity contribution is 5.79. The average molecular weight is 331 g/mol. The lowest BCUT2D eigenvalue weighted by Gasteiger charge is -2.31. The number of rotatable bonds is 7. The van der Waals surface area contributed by atoms with Gasteiger partial charge in [0.05, 0.1) is 6.54 Å². The lowest BCUT2D eigenvalue weighted by molar-refractivity contribution is 0.184. The normalized spacial score (nSPS) is 15.3. The fourth-order valence-electron chi connectivity index (χ4n) is 3.46. The number of aliphatic imine (C=N–C) groups is 1. The first-order chi connectivity index (χ1) is 11.7. The summed E-state index contributed by atoms with van der Waals surface area (Å²) in [6.07, 6.45) is 6.88. The van der Waals surface area contributed by atoms with Gasteiger partial charge < -0.3 is 10.6 Å². The lowest BCUT2D eigenvalue weighted by atomic mass is 9.94. The first kappa shape index (κ1) is 18.8. The van der Waals surface area contributed by atoms with Gasteiger partial charge in [-0.25, -0.2) is 4.99 Å². The van der Waals surface area contributed by atoms with Crippen LogP contribution in [0, 0.1) is 0 Å². The van der Waals surface area contributed by atoms with Gasteiger partial charge in [-0.2, -0.15) is 0 Å². The van der Waals surface area contributed by atoms with Crippen LogP contribution in [0.2, 0.25) is 0 Å². The van der Waals surface area contributed by atoms with Crippen molar-refractivity contribution in [3.63, 3.8) is 0 Å².